The molecule has 0 bridgehead atoms. The third kappa shape index (κ3) is 7.95. The number of ketones is 1. The van der Waals surface area contributed by atoms with E-state index in [9.17, 15) is 14.4 Å². The lowest BCUT2D eigenvalue weighted by molar-refractivity contribution is -0.174. The maximum atomic E-state index is 12.8. The van der Waals surface area contributed by atoms with Crippen molar-refractivity contribution in [2.75, 3.05) is 37.4 Å². The molecule has 0 spiro atoms. The number of likely N-dealkylation sites (tertiary alicyclic amines) is 1. The number of hydrogen-bond acceptors (Lipinski definition) is 7. The van der Waals surface area contributed by atoms with Crippen LogP contribution in [-0.2, 0) is 16.0 Å². The number of ether oxygens (including phenoxy) is 3. The molecule has 3 aromatic rings. The van der Waals surface area contributed by atoms with Crippen molar-refractivity contribution < 1.29 is 33.7 Å². The number of hydrogen-bond donors (Lipinski definition) is 3. The quantitative estimate of drug-likeness (QED) is 0.252. The van der Waals surface area contributed by atoms with E-state index in [0.29, 0.717) is 33.5 Å². The van der Waals surface area contributed by atoms with Crippen LogP contribution in [0.3, 0.4) is 0 Å². The molecule has 1 fully saturated rings. The van der Waals surface area contributed by atoms with E-state index in [1.54, 1.807) is 54.6 Å². The summed E-state index contributed by atoms with van der Waals surface area (Å²) in [6, 6.07) is 17.5. The van der Waals surface area contributed by atoms with Crippen LogP contribution in [-0.4, -0.2) is 61.0 Å². The summed E-state index contributed by atoms with van der Waals surface area (Å²) in [5, 5.41) is 14.9. The highest BCUT2D eigenvalue weighted by molar-refractivity contribution is 6.33. The third-order valence-electron chi connectivity index (χ3n) is 6.20. The fourth-order valence-electron chi connectivity index (χ4n) is 4.19. The first-order valence-corrected chi connectivity index (χ1v) is 13.1. The minimum Gasteiger partial charge on any atom is -0.495 e. The van der Waals surface area contributed by atoms with Crippen LogP contribution >= 0.6 is 11.6 Å². The number of nitrogens with one attached hydrogen (secondary N) is 2. The summed E-state index contributed by atoms with van der Waals surface area (Å²) >= 11 is 6.10. The SMILES string of the molecule is COc1cc(CC(=O)COC(Oc2ccc(C(=O)O)cc2)N2CCCC2)ccc1NC(=O)Nc1ccccc1Cl. The van der Waals surface area contributed by atoms with Crippen LogP contribution in [0.1, 0.15) is 28.8 Å². The molecule has 3 aromatic carbocycles. The number of carbonyl (C=O) groups excluding carboxylic acids is 2. The Hall–Kier alpha value is -4.12. The van der Waals surface area contributed by atoms with Crippen LogP contribution in [0.4, 0.5) is 16.2 Å². The first kappa shape index (κ1) is 28.9. The van der Waals surface area contributed by atoms with Crippen molar-refractivity contribution in [2.45, 2.75) is 25.7 Å². The zero-order valence-corrected chi connectivity index (χ0v) is 22.6. The molecular weight excluding hydrogens is 538 g/mol. The highest BCUT2D eigenvalue weighted by atomic mass is 35.5. The number of urea groups is 1. The molecule has 1 aliphatic rings. The van der Waals surface area contributed by atoms with E-state index in [0.717, 1.165) is 25.9 Å². The lowest BCUT2D eigenvalue weighted by Gasteiger charge is -2.27. The summed E-state index contributed by atoms with van der Waals surface area (Å²) in [4.78, 5) is 38.4. The molecule has 3 N–H and O–H groups in total. The number of rotatable bonds is 12. The summed E-state index contributed by atoms with van der Waals surface area (Å²) in [6.45, 7) is 1.35. The minimum atomic E-state index is -1.02. The van der Waals surface area contributed by atoms with Gasteiger partial charge in [-0.2, -0.15) is 0 Å². The number of anilines is 2. The normalized spacial score (nSPS) is 13.8. The highest BCUT2D eigenvalue weighted by Gasteiger charge is 2.25. The fourth-order valence-corrected chi connectivity index (χ4v) is 4.37. The molecule has 1 atom stereocenters. The van der Waals surface area contributed by atoms with Crippen molar-refractivity contribution in [1.29, 1.82) is 0 Å². The number of halogens is 1. The predicted molar refractivity (Wildman–Crippen MR) is 150 cm³/mol. The van der Waals surface area contributed by atoms with Gasteiger partial charge in [0.1, 0.15) is 18.1 Å². The zero-order valence-electron chi connectivity index (χ0n) is 21.9. The van der Waals surface area contributed by atoms with E-state index in [1.165, 1.54) is 19.2 Å². The Kier molecular flexibility index (Phi) is 9.96. The number of methoxy groups -OCH3 is 1. The van der Waals surface area contributed by atoms with Gasteiger partial charge in [0.05, 0.1) is 29.1 Å². The number of carboxylic acids is 1. The maximum absolute atomic E-state index is 12.8. The molecule has 11 heteroatoms. The topological polar surface area (TPSA) is 126 Å². The first-order chi connectivity index (χ1) is 19.3. The molecule has 40 heavy (non-hydrogen) atoms. The lowest BCUT2D eigenvalue weighted by atomic mass is 10.1. The van der Waals surface area contributed by atoms with Crippen LogP contribution < -0.4 is 20.1 Å². The molecule has 1 unspecified atom stereocenters. The van der Waals surface area contributed by atoms with E-state index in [2.05, 4.69) is 10.6 Å². The van der Waals surface area contributed by atoms with Gasteiger partial charge in [0.15, 0.2) is 5.78 Å². The highest BCUT2D eigenvalue weighted by Crippen LogP contribution is 2.27. The van der Waals surface area contributed by atoms with Gasteiger partial charge in [-0.3, -0.25) is 4.79 Å². The third-order valence-corrected chi connectivity index (χ3v) is 6.53. The predicted octanol–water partition coefficient (Wildman–Crippen LogP) is 5.28. The van der Waals surface area contributed by atoms with Crippen molar-refractivity contribution >= 4 is 40.8 Å². The van der Waals surface area contributed by atoms with Crippen LogP contribution in [0.5, 0.6) is 11.5 Å². The molecule has 10 nitrogen and oxygen atoms in total. The summed E-state index contributed by atoms with van der Waals surface area (Å²) in [6.07, 6.45) is 1.29. The van der Waals surface area contributed by atoms with Crippen molar-refractivity contribution in [2.24, 2.45) is 0 Å². The summed E-state index contributed by atoms with van der Waals surface area (Å²) in [5.74, 6) is -0.358. The summed E-state index contributed by atoms with van der Waals surface area (Å²) in [7, 11) is 1.47. The number of amides is 2. The Labute approximate surface area is 236 Å². The second-order valence-corrected chi connectivity index (χ2v) is 9.52. The smallest absolute Gasteiger partial charge is 0.335 e. The average molecular weight is 568 g/mol. The molecule has 0 aromatic heterocycles. The van der Waals surface area contributed by atoms with Gasteiger partial charge in [0.2, 0.25) is 0 Å². The number of Topliss-reactive ketones (excluding diaryl/α,β-unsaturated/α-hetero) is 1. The van der Waals surface area contributed by atoms with Crippen molar-refractivity contribution in [3.63, 3.8) is 0 Å². The Morgan fingerprint density at radius 2 is 1.68 bits per heavy atom. The molecule has 2 amide bonds. The maximum Gasteiger partial charge on any atom is 0.335 e. The fraction of sp³-hybridized carbons (Fsp3) is 0.276. The second-order valence-electron chi connectivity index (χ2n) is 9.12. The Morgan fingerprint density at radius 3 is 2.35 bits per heavy atom. The van der Waals surface area contributed by atoms with Crippen molar-refractivity contribution in [3.05, 3.63) is 82.9 Å². The van der Waals surface area contributed by atoms with Gasteiger partial charge >= 0.3 is 12.0 Å². The second kappa shape index (κ2) is 13.8. The number of benzene rings is 3. The van der Waals surface area contributed by atoms with Gasteiger partial charge < -0.3 is 30.0 Å². The van der Waals surface area contributed by atoms with Gasteiger partial charge in [-0.15, -0.1) is 0 Å². The monoisotopic (exact) mass is 567 g/mol. The van der Waals surface area contributed by atoms with Gasteiger partial charge in [-0.1, -0.05) is 29.8 Å². The van der Waals surface area contributed by atoms with E-state index in [1.807, 2.05) is 4.90 Å². The molecule has 1 heterocycles. The molecule has 0 radical (unpaired) electrons. The molecule has 1 aliphatic heterocycles. The summed E-state index contributed by atoms with van der Waals surface area (Å²) < 4.78 is 17.3. The van der Waals surface area contributed by atoms with E-state index in [-0.39, 0.29) is 24.4 Å². The van der Waals surface area contributed by atoms with Crippen LogP contribution in [0.15, 0.2) is 66.7 Å². The number of carbonyl (C=O) groups is 3. The molecule has 0 saturated carbocycles. The van der Waals surface area contributed by atoms with E-state index >= 15 is 0 Å². The van der Waals surface area contributed by atoms with Crippen LogP contribution in [0.2, 0.25) is 5.02 Å². The first-order valence-electron chi connectivity index (χ1n) is 12.7. The number of nitrogens with zero attached hydrogens (tertiary/aromatic N) is 1. The van der Waals surface area contributed by atoms with Crippen molar-refractivity contribution in [1.82, 2.24) is 4.90 Å². The zero-order chi connectivity index (χ0) is 28.5. The Bertz CT molecular complexity index is 1340. The minimum absolute atomic E-state index is 0.0858. The molecule has 4 rings (SSSR count). The average Bonchev–Trinajstić information content (AvgIpc) is 3.48. The Balaban J connectivity index is 1.34. The van der Waals surface area contributed by atoms with Gasteiger partial charge in [0.25, 0.3) is 6.41 Å². The number of para-hydroxylation sites is 1. The molecule has 1 saturated heterocycles. The number of aromatic carboxylic acids is 1. The lowest BCUT2D eigenvalue weighted by Crippen LogP contribution is -2.40. The number of carboxylic acid groups (broad SMARTS) is 1. The summed E-state index contributed by atoms with van der Waals surface area (Å²) in [5.41, 5.74) is 1.73. The van der Waals surface area contributed by atoms with Gasteiger partial charge in [-0.05, 0) is 66.9 Å². The van der Waals surface area contributed by atoms with Crippen LogP contribution in [0, 0.1) is 0 Å². The molecule has 210 valence electrons. The van der Waals surface area contributed by atoms with Crippen LogP contribution in [0.25, 0.3) is 0 Å². The van der Waals surface area contributed by atoms with E-state index in [4.69, 9.17) is 30.9 Å². The van der Waals surface area contributed by atoms with E-state index < -0.39 is 18.4 Å². The largest absolute Gasteiger partial charge is 0.495 e. The van der Waals surface area contributed by atoms with Crippen molar-refractivity contribution in [3.8, 4) is 11.5 Å². The molecule has 0 aliphatic carbocycles. The van der Waals surface area contributed by atoms with Gasteiger partial charge in [0, 0.05) is 19.5 Å². The standard InChI is InChI=1S/C29H30ClN3O7/c1-38-26-17-19(8-13-25(26)32-28(37)31-24-7-3-2-6-23(24)30)16-21(34)18-39-29(33-14-4-5-15-33)40-22-11-9-20(10-12-22)27(35)36/h2-3,6-13,17,29H,4-5,14-16,18H2,1H3,(H,35,36)(H2,31,32,37). The Morgan fingerprint density at radius 1 is 0.975 bits per heavy atom. The van der Waals surface area contributed by atoms with Gasteiger partial charge in [-0.25, -0.2) is 14.5 Å². The molecular formula is C29H30ClN3O7.